The number of H-pyrrole nitrogens is 1. The van der Waals surface area contributed by atoms with Crippen LogP contribution in [0.3, 0.4) is 0 Å². The van der Waals surface area contributed by atoms with Crippen molar-refractivity contribution in [2.24, 2.45) is 0 Å². The summed E-state index contributed by atoms with van der Waals surface area (Å²) in [7, 11) is 0. The minimum Gasteiger partial charge on any atom is -0.381 e. The number of halogens is 2. The third-order valence-electron chi connectivity index (χ3n) is 3.90. The first-order valence-electron chi connectivity index (χ1n) is 7.78. The van der Waals surface area contributed by atoms with Gasteiger partial charge in [-0.2, -0.15) is 0 Å². The number of anilines is 1. The van der Waals surface area contributed by atoms with Crippen LogP contribution in [0.4, 0.5) is 5.69 Å². The van der Waals surface area contributed by atoms with E-state index in [0.717, 1.165) is 43.3 Å². The molecule has 0 amide bonds. The minimum absolute atomic E-state index is 0.682. The van der Waals surface area contributed by atoms with E-state index in [1.54, 1.807) is 6.20 Å². The van der Waals surface area contributed by atoms with Crippen LogP contribution in [-0.4, -0.2) is 15.0 Å². The molecular formula is C19H14BrClN4. The van der Waals surface area contributed by atoms with Crippen LogP contribution in [0.1, 0.15) is 5.56 Å². The molecule has 2 heterocycles. The second-order valence-electron chi connectivity index (χ2n) is 5.63. The summed E-state index contributed by atoms with van der Waals surface area (Å²) in [5.41, 5.74) is 4.73. The molecule has 0 bridgehead atoms. The van der Waals surface area contributed by atoms with E-state index in [9.17, 15) is 0 Å². The molecule has 4 aromatic rings. The zero-order valence-electron chi connectivity index (χ0n) is 13.1. The molecule has 4 nitrogen and oxygen atoms in total. The maximum Gasteiger partial charge on any atom is 0.157 e. The van der Waals surface area contributed by atoms with Crippen LogP contribution in [0.5, 0.6) is 0 Å². The van der Waals surface area contributed by atoms with Crippen molar-refractivity contribution in [2.45, 2.75) is 6.54 Å². The lowest BCUT2D eigenvalue weighted by Gasteiger charge is -2.08. The molecule has 0 radical (unpaired) electrons. The number of imidazole rings is 1. The highest BCUT2D eigenvalue weighted by Gasteiger charge is 2.07. The summed E-state index contributed by atoms with van der Waals surface area (Å²) in [4.78, 5) is 12.2. The highest BCUT2D eigenvalue weighted by molar-refractivity contribution is 9.10. The Hall–Kier alpha value is -2.37. The summed E-state index contributed by atoms with van der Waals surface area (Å²) in [6, 6.07) is 17.9. The maximum atomic E-state index is 6.18. The molecule has 0 saturated carbocycles. The largest absolute Gasteiger partial charge is 0.381 e. The zero-order chi connectivity index (χ0) is 17.2. The monoisotopic (exact) mass is 412 g/mol. The van der Waals surface area contributed by atoms with E-state index in [0.29, 0.717) is 6.54 Å². The Morgan fingerprint density at radius 1 is 1.08 bits per heavy atom. The van der Waals surface area contributed by atoms with Crippen molar-refractivity contribution in [2.75, 3.05) is 5.32 Å². The van der Waals surface area contributed by atoms with Gasteiger partial charge in [-0.1, -0.05) is 29.8 Å². The van der Waals surface area contributed by atoms with Crippen LogP contribution >= 0.6 is 27.5 Å². The Morgan fingerprint density at radius 3 is 2.68 bits per heavy atom. The lowest BCUT2D eigenvalue weighted by molar-refractivity contribution is 1.15. The average molecular weight is 414 g/mol. The summed E-state index contributed by atoms with van der Waals surface area (Å²) in [6.07, 6.45) is 1.76. The molecule has 25 heavy (non-hydrogen) atoms. The van der Waals surface area contributed by atoms with E-state index < -0.39 is 0 Å². The van der Waals surface area contributed by atoms with Gasteiger partial charge in [0.15, 0.2) is 5.65 Å². The molecular weight excluding hydrogens is 400 g/mol. The quantitative estimate of drug-likeness (QED) is 0.454. The van der Waals surface area contributed by atoms with Gasteiger partial charge in [0.2, 0.25) is 0 Å². The van der Waals surface area contributed by atoms with Crippen LogP contribution in [0.15, 0.2) is 65.3 Å². The Bertz CT molecular complexity index is 1030. The first kappa shape index (κ1) is 16.1. The van der Waals surface area contributed by atoms with Crippen LogP contribution < -0.4 is 5.32 Å². The molecule has 0 aliphatic heterocycles. The third kappa shape index (κ3) is 3.52. The van der Waals surface area contributed by atoms with Gasteiger partial charge in [0.1, 0.15) is 11.3 Å². The van der Waals surface area contributed by atoms with E-state index >= 15 is 0 Å². The van der Waals surface area contributed by atoms with E-state index in [2.05, 4.69) is 36.2 Å². The Balaban J connectivity index is 1.52. The fourth-order valence-corrected chi connectivity index (χ4v) is 3.11. The fraction of sp³-hybridized carbons (Fsp3) is 0.0526. The van der Waals surface area contributed by atoms with Gasteiger partial charge in [0.05, 0.1) is 0 Å². The summed E-state index contributed by atoms with van der Waals surface area (Å²) >= 11 is 9.60. The van der Waals surface area contributed by atoms with Crippen molar-refractivity contribution in [1.29, 1.82) is 0 Å². The van der Waals surface area contributed by atoms with Gasteiger partial charge in [-0.15, -0.1) is 0 Å². The highest BCUT2D eigenvalue weighted by atomic mass is 79.9. The molecule has 0 atom stereocenters. The predicted octanol–water partition coefficient (Wildman–Crippen LogP) is 5.65. The normalized spacial score (nSPS) is 11.0. The second kappa shape index (κ2) is 6.86. The van der Waals surface area contributed by atoms with Gasteiger partial charge in [0, 0.05) is 33.5 Å². The number of hydrogen-bond donors (Lipinski definition) is 2. The molecule has 124 valence electrons. The first-order valence-corrected chi connectivity index (χ1v) is 8.95. The van der Waals surface area contributed by atoms with Gasteiger partial charge >= 0.3 is 0 Å². The fourth-order valence-electron chi connectivity index (χ4n) is 2.59. The number of nitrogens with one attached hydrogen (secondary N) is 2. The second-order valence-corrected chi connectivity index (χ2v) is 6.95. The van der Waals surface area contributed by atoms with Crippen LogP contribution in [0.25, 0.3) is 22.6 Å². The van der Waals surface area contributed by atoms with Crippen molar-refractivity contribution >= 4 is 44.4 Å². The summed E-state index contributed by atoms with van der Waals surface area (Å²) in [5, 5.41) is 4.15. The van der Waals surface area contributed by atoms with E-state index in [1.807, 2.05) is 54.6 Å². The van der Waals surface area contributed by atoms with E-state index in [4.69, 9.17) is 11.6 Å². The van der Waals surface area contributed by atoms with Gasteiger partial charge < -0.3 is 10.3 Å². The van der Waals surface area contributed by atoms with Crippen molar-refractivity contribution < 1.29 is 0 Å². The Morgan fingerprint density at radius 2 is 1.88 bits per heavy atom. The number of rotatable bonds is 4. The topological polar surface area (TPSA) is 53.6 Å². The number of hydrogen-bond acceptors (Lipinski definition) is 3. The standard InChI is InChI=1S/C19H14BrClN4/c20-14-9-17-19(23-11-14)25-18(24-17)12-5-7-15(8-6-12)22-10-13-3-1-2-4-16(13)21/h1-9,11,22H,10H2,(H,23,24,25). The van der Waals surface area contributed by atoms with Crippen molar-refractivity contribution in [3.05, 3.63) is 75.9 Å². The van der Waals surface area contributed by atoms with Crippen molar-refractivity contribution in [3.8, 4) is 11.4 Å². The molecule has 2 aromatic heterocycles. The number of aromatic nitrogens is 3. The predicted molar refractivity (Wildman–Crippen MR) is 106 cm³/mol. The Kier molecular flexibility index (Phi) is 4.42. The summed E-state index contributed by atoms with van der Waals surface area (Å²) < 4.78 is 0.914. The summed E-state index contributed by atoms with van der Waals surface area (Å²) in [5.74, 6) is 0.804. The van der Waals surface area contributed by atoms with Crippen LogP contribution in [0.2, 0.25) is 5.02 Å². The van der Waals surface area contributed by atoms with Gasteiger partial charge in [-0.25, -0.2) is 9.97 Å². The number of pyridine rings is 1. The zero-order valence-corrected chi connectivity index (χ0v) is 15.5. The average Bonchev–Trinajstić information content (AvgIpc) is 3.04. The molecule has 0 unspecified atom stereocenters. The van der Waals surface area contributed by atoms with Crippen LogP contribution in [-0.2, 0) is 6.54 Å². The molecule has 0 fully saturated rings. The molecule has 2 N–H and O–H groups in total. The SMILES string of the molecule is Clc1ccccc1CNc1ccc(-c2nc3cc(Br)cnc3[nH]2)cc1. The lowest BCUT2D eigenvalue weighted by Crippen LogP contribution is -1.99. The molecule has 0 aliphatic carbocycles. The summed E-state index contributed by atoms with van der Waals surface area (Å²) in [6.45, 7) is 0.682. The third-order valence-corrected chi connectivity index (χ3v) is 4.70. The molecule has 2 aromatic carbocycles. The van der Waals surface area contributed by atoms with Crippen molar-refractivity contribution in [1.82, 2.24) is 15.0 Å². The van der Waals surface area contributed by atoms with Gasteiger partial charge in [0.25, 0.3) is 0 Å². The van der Waals surface area contributed by atoms with E-state index in [1.165, 1.54) is 0 Å². The molecule has 0 aliphatic rings. The van der Waals surface area contributed by atoms with Gasteiger partial charge in [-0.3, -0.25) is 0 Å². The number of fused-ring (bicyclic) bond motifs is 1. The lowest BCUT2D eigenvalue weighted by atomic mass is 10.2. The molecule has 6 heteroatoms. The molecule has 4 rings (SSSR count). The number of nitrogens with zero attached hydrogens (tertiary/aromatic N) is 2. The first-order chi connectivity index (χ1) is 12.2. The smallest absolute Gasteiger partial charge is 0.157 e. The maximum absolute atomic E-state index is 6.18. The molecule has 0 spiro atoms. The van der Waals surface area contributed by atoms with Crippen molar-refractivity contribution in [3.63, 3.8) is 0 Å². The highest BCUT2D eigenvalue weighted by Crippen LogP contribution is 2.23. The number of benzene rings is 2. The Labute approximate surface area is 158 Å². The number of aromatic amines is 1. The molecule has 0 saturated heterocycles. The van der Waals surface area contributed by atoms with E-state index in [-0.39, 0.29) is 0 Å². The van der Waals surface area contributed by atoms with Gasteiger partial charge in [-0.05, 0) is 57.9 Å². The minimum atomic E-state index is 0.682. The van der Waals surface area contributed by atoms with Crippen LogP contribution in [0, 0.1) is 0 Å².